The summed E-state index contributed by atoms with van der Waals surface area (Å²) >= 11 is 4.15. The van der Waals surface area contributed by atoms with Gasteiger partial charge in [-0.15, -0.1) is 0 Å². The van der Waals surface area contributed by atoms with Gasteiger partial charge in [0.25, 0.3) is 0 Å². The minimum absolute atomic E-state index is 0.249. The summed E-state index contributed by atoms with van der Waals surface area (Å²) in [4.78, 5) is 4.84. The van der Waals surface area contributed by atoms with Crippen LogP contribution in [-0.4, -0.2) is 17.0 Å². The van der Waals surface area contributed by atoms with Gasteiger partial charge in [-0.25, -0.2) is 0 Å². The average Bonchev–Trinajstić information content (AvgIpc) is 2.28. The maximum atomic E-state index is 4.84. The van der Waals surface area contributed by atoms with Crippen molar-refractivity contribution in [3.63, 3.8) is 0 Å². The molecular weight excluding hydrogens is 355 g/mol. The van der Waals surface area contributed by atoms with Crippen molar-refractivity contribution in [1.29, 1.82) is 0 Å². The first-order valence-electron chi connectivity index (χ1n) is 6.18. The van der Waals surface area contributed by atoms with Crippen molar-refractivity contribution in [2.45, 2.75) is 33.2 Å². The van der Waals surface area contributed by atoms with E-state index in [-0.39, 0.29) is 5.41 Å². The van der Waals surface area contributed by atoms with Crippen molar-refractivity contribution in [3.8, 4) is 0 Å². The molecule has 98 valence electrons. The van der Waals surface area contributed by atoms with Gasteiger partial charge < -0.3 is 5.32 Å². The van der Waals surface area contributed by atoms with Crippen LogP contribution in [0.25, 0.3) is 0 Å². The van der Waals surface area contributed by atoms with Gasteiger partial charge in [-0.2, -0.15) is 0 Å². The maximum absolute atomic E-state index is 4.84. The molecule has 0 spiro atoms. The molecule has 1 heterocycles. The number of amidine groups is 1. The number of nitrogens with one attached hydrogen (secondary N) is 1. The quantitative estimate of drug-likeness (QED) is 0.726. The number of aliphatic imine (C=N–C) groups is 1. The lowest BCUT2D eigenvalue weighted by atomic mass is 9.85. The van der Waals surface area contributed by atoms with E-state index in [1.807, 2.05) is 11.8 Å². The Morgan fingerprint density at radius 3 is 2.83 bits per heavy atom. The highest BCUT2D eigenvalue weighted by Crippen LogP contribution is 2.31. The van der Waals surface area contributed by atoms with E-state index in [0.717, 1.165) is 16.6 Å². The zero-order valence-corrected chi connectivity index (χ0v) is 14.0. The van der Waals surface area contributed by atoms with Crippen LogP contribution in [0.4, 0.5) is 5.69 Å². The minimum atomic E-state index is 0.249. The SMILES string of the molecule is CC(C)(C)C1CCSC(Nc2cccc(I)c2)=N1. The van der Waals surface area contributed by atoms with Crippen LogP contribution < -0.4 is 5.32 Å². The van der Waals surface area contributed by atoms with Crippen LogP contribution in [0.1, 0.15) is 27.2 Å². The standard InChI is InChI=1S/C14H19IN2S/c1-14(2,3)12-7-8-18-13(17-12)16-11-6-4-5-10(15)9-11/h4-6,9,12H,7-8H2,1-3H3,(H,16,17). The van der Waals surface area contributed by atoms with Crippen LogP contribution in [0.3, 0.4) is 0 Å². The molecule has 0 aromatic heterocycles. The first-order valence-corrected chi connectivity index (χ1v) is 8.25. The van der Waals surface area contributed by atoms with Crippen molar-refractivity contribution in [2.24, 2.45) is 10.4 Å². The van der Waals surface area contributed by atoms with Gasteiger partial charge in [0.1, 0.15) is 0 Å². The molecule has 2 nitrogen and oxygen atoms in total. The molecule has 0 aliphatic carbocycles. The molecule has 4 heteroatoms. The Morgan fingerprint density at radius 1 is 1.39 bits per heavy atom. The molecule has 1 aliphatic heterocycles. The highest BCUT2D eigenvalue weighted by molar-refractivity contribution is 14.1. The van der Waals surface area contributed by atoms with Crippen molar-refractivity contribution >= 4 is 45.2 Å². The molecule has 0 amide bonds. The molecule has 18 heavy (non-hydrogen) atoms. The lowest BCUT2D eigenvalue weighted by Crippen LogP contribution is -2.30. The number of hydrogen-bond acceptors (Lipinski definition) is 3. The van der Waals surface area contributed by atoms with E-state index in [0.29, 0.717) is 6.04 Å². The van der Waals surface area contributed by atoms with E-state index in [9.17, 15) is 0 Å². The summed E-state index contributed by atoms with van der Waals surface area (Å²) < 4.78 is 1.24. The van der Waals surface area contributed by atoms with Gasteiger partial charge in [0, 0.05) is 15.0 Å². The van der Waals surface area contributed by atoms with Gasteiger partial charge in [-0.1, -0.05) is 38.6 Å². The molecule has 1 aromatic rings. The van der Waals surface area contributed by atoms with Crippen LogP contribution in [-0.2, 0) is 0 Å². The molecule has 1 atom stereocenters. The Labute approximate surface area is 127 Å². The third kappa shape index (κ3) is 3.88. The number of anilines is 1. The van der Waals surface area contributed by atoms with Gasteiger partial charge in [-0.05, 0) is 52.6 Å². The second kappa shape index (κ2) is 5.82. The van der Waals surface area contributed by atoms with E-state index in [1.165, 1.54) is 9.99 Å². The summed E-state index contributed by atoms with van der Waals surface area (Å²) in [6, 6.07) is 8.82. The summed E-state index contributed by atoms with van der Waals surface area (Å²) in [5.41, 5.74) is 1.38. The van der Waals surface area contributed by atoms with Crippen LogP contribution in [0.2, 0.25) is 0 Å². The number of nitrogens with zero attached hydrogens (tertiary/aromatic N) is 1. The molecule has 1 aromatic carbocycles. The van der Waals surface area contributed by atoms with Gasteiger partial charge >= 0.3 is 0 Å². The minimum Gasteiger partial charge on any atom is -0.335 e. The number of halogens is 1. The summed E-state index contributed by atoms with van der Waals surface area (Å²) in [6.45, 7) is 6.79. The average molecular weight is 374 g/mol. The molecule has 0 saturated carbocycles. The van der Waals surface area contributed by atoms with E-state index in [1.54, 1.807) is 0 Å². The van der Waals surface area contributed by atoms with Crippen molar-refractivity contribution in [3.05, 3.63) is 27.8 Å². The van der Waals surface area contributed by atoms with Crippen LogP contribution in [0.5, 0.6) is 0 Å². The number of rotatable bonds is 1. The lowest BCUT2D eigenvalue weighted by Gasteiger charge is -2.31. The van der Waals surface area contributed by atoms with E-state index < -0.39 is 0 Å². The first-order chi connectivity index (χ1) is 8.45. The Morgan fingerprint density at radius 2 is 2.17 bits per heavy atom. The van der Waals surface area contributed by atoms with Gasteiger partial charge in [0.05, 0.1) is 6.04 Å². The third-order valence-corrected chi connectivity index (χ3v) is 4.57. The number of hydrogen-bond donors (Lipinski definition) is 1. The lowest BCUT2D eigenvalue weighted by molar-refractivity contribution is 0.316. The van der Waals surface area contributed by atoms with E-state index in [4.69, 9.17) is 4.99 Å². The van der Waals surface area contributed by atoms with Crippen LogP contribution in [0.15, 0.2) is 29.3 Å². The zero-order valence-electron chi connectivity index (χ0n) is 11.0. The Balaban J connectivity index is 2.11. The highest BCUT2D eigenvalue weighted by atomic mass is 127. The van der Waals surface area contributed by atoms with Crippen LogP contribution >= 0.6 is 34.4 Å². The molecule has 1 unspecified atom stereocenters. The molecule has 0 fully saturated rings. The summed E-state index contributed by atoms with van der Waals surface area (Å²) in [5.74, 6) is 1.15. The topological polar surface area (TPSA) is 24.4 Å². The second-order valence-corrected chi connectivity index (χ2v) is 7.92. The first kappa shape index (κ1) is 14.2. The molecule has 1 N–H and O–H groups in total. The van der Waals surface area contributed by atoms with Crippen LogP contribution in [0, 0.1) is 8.99 Å². The third-order valence-electron chi connectivity index (χ3n) is 2.98. The maximum Gasteiger partial charge on any atom is 0.161 e. The molecule has 0 radical (unpaired) electrons. The zero-order chi connectivity index (χ0) is 13.2. The highest BCUT2D eigenvalue weighted by Gasteiger charge is 2.27. The predicted octanol–water partition coefficient (Wildman–Crippen LogP) is 4.61. The Bertz CT molecular complexity index is 451. The van der Waals surface area contributed by atoms with Crippen molar-refractivity contribution in [2.75, 3.05) is 11.1 Å². The predicted molar refractivity (Wildman–Crippen MR) is 90.5 cm³/mol. The number of benzene rings is 1. The normalized spacial score (nSPS) is 20.4. The van der Waals surface area contributed by atoms with Gasteiger partial charge in [0.2, 0.25) is 0 Å². The Kier molecular flexibility index (Phi) is 4.59. The van der Waals surface area contributed by atoms with E-state index >= 15 is 0 Å². The monoisotopic (exact) mass is 374 g/mol. The number of thioether (sulfide) groups is 1. The molecule has 2 rings (SSSR count). The Hall–Kier alpha value is -0.230. The largest absolute Gasteiger partial charge is 0.335 e. The van der Waals surface area contributed by atoms with Crippen molar-refractivity contribution < 1.29 is 0 Å². The fourth-order valence-corrected chi connectivity index (χ4v) is 3.36. The van der Waals surface area contributed by atoms with Gasteiger partial charge in [-0.3, -0.25) is 4.99 Å². The molecule has 0 saturated heterocycles. The second-order valence-electron chi connectivity index (χ2n) is 5.59. The summed E-state index contributed by atoms with van der Waals surface area (Å²) in [7, 11) is 0. The fourth-order valence-electron chi connectivity index (χ4n) is 1.90. The smallest absolute Gasteiger partial charge is 0.161 e. The summed E-state index contributed by atoms with van der Waals surface area (Å²) in [6.07, 6.45) is 1.17. The molecule has 0 bridgehead atoms. The van der Waals surface area contributed by atoms with Crippen molar-refractivity contribution in [1.82, 2.24) is 0 Å². The summed E-state index contributed by atoms with van der Waals surface area (Å²) in [5, 5.41) is 4.49. The molecular formula is C14H19IN2S. The molecule has 1 aliphatic rings. The van der Waals surface area contributed by atoms with Gasteiger partial charge in [0.15, 0.2) is 5.17 Å². The fraction of sp³-hybridized carbons (Fsp3) is 0.500. The van der Waals surface area contributed by atoms with E-state index in [2.05, 4.69) is 72.9 Å².